The van der Waals surface area contributed by atoms with E-state index in [4.69, 9.17) is 10.00 Å². The van der Waals surface area contributed by atoms with E-state index in [2.05, 4.69) is 20.8 Å². The van der Waals surface area contributed by atoms with E-state index < -0.39 is 0 Å². The molecule has 7 nitrogen and oxygen atoms in total. The minimum Gasteiger partial charge on any atom is -0.495 e. The Morgan fingerprint density at radius 2 is 1.85 bits per heavy atom. The van der Waals surface area contributed by atoms with Crippen molar-refractivity contribution in [2.45, 2.75) is 6.92 Å². The second-order valence-corrected chi connectivity index (χ2v) is 5.78. The number of anilines is 3. The fourth-order valence-electron chi connectivity index (χ4n) is 2.40. The van der Waals surface area contributed by atoms with Crippen molar-refractivity contribution in [1.29, 1.82) is 5.26 Å². The highest BCUT2D eigenvalue weighted by Gasteiger charge is 2.10. The first-order chi connectivity index (χ1) is 13.1. The minimum atomic E-state index is -0.383. The van der Waals surface area contributed by atoms with Crippen molar-refractivity contribution in [2.75, 3.05) is 17.7 Å². The van der Waals surface area contributed by atoms with Crippen LogP contribution in [0.2, 0.25) is 0 Å². The summed E-state index contributed by atoms with van der Waals surface area (Å²) in [7, 11) is 1.60. The fraction of sp³-hybridized carbons (Fsp3) is 0.100. The highest BCUT2D eigenvalue weighted by atomic mass is 16.5. The molecule has 1 amide bonds. The summed E-state index contributed by atoms with van der Waals surface area (Å²) in [6, 6.07) is 17.6. The van der Waals surface area contributed by atoms with Gasteiger partial charge in [0.2, 0.25) is 0 Å². The number of hydrogen-bond donors (Lipinski definition) is 2. The van der Waals surface area contributed by atoms with Gasteiger partial charge in [-0.2, -0.15) is 5.26 Å². The summed E-state index contributed by atoms with van der Waals surface area (Å²) >= 11 is 0. The molecule has 0 radical (unpaired) electrons. The van der Waals surface area contributed by atoms with Gasteiger partial charge in [0.05, 0.1) is 24.4 Å². The van der Waals surface area contributed by atoms with Gasteiger partial charge in [-0.1, -0.05) is 6.07 Å². The van der Waals surface area contributed by atoms with Crippen molar-refractivity contribution in [2.24, 2.45) is 0 Å². The summed E-state index contributed by atoms with van der Waals surface area (Å²) in [5.74, 6) is 0.797. The zero-order chi connectivity index (χ0) is 19.2. The second kappa shape index (κ2) is 7.97. The third kappa shape index (κ3) is 4.38. The van der Waals surface area contributed by atoms with Crippen LogP contribution in [0.15, 0.2) is 54.6 Å². The predicted molar refractivity (Wildman–Crippen MR) is 102 cm³/mol. The number of ether oxygens (including phenoxy) is 1. The van der Waals surface area contributed by atoms with Crippen molar-refractivity contribution in [3.05, 3.63) is 71.4 Å². The van der Waals surface area contributed by atoms with Crippen molar-refractivity contribution >= 4 is 23.1 Å². The van der Waals surface area contributed by atoms with Gasteiger partial charge in [0.1, 0.15) is 5.75 Å². The summed E-state index contributed by atoms with van der Waals surface area (Å²) in [6.45, 7) is 1.98. The van der Waals surface area contributed by atoms with E-state index in [1.807, 2.05) is 31.2 Å². The number of carbonyl (C=O) groups excluding carboxylic acids is 1. The molecule has 0 aliphatic rings. The van der Waals surface area contributed by atoms with E-state index in [1.165, 1.54) is 0 Å². The number of benzene rings is 2. The monoisotopic (exact) mass is 359 g/mol. The number of rotatable bonds is 5. The normalized spacial score (nSPS) is 9.96. The van der Waals surface area contributed by atoms with E-state index in [1.54, 1.807) is 43.5 Å². The van der Waals surface area contributed by atoms with Crippen molar-refractivity contribution in [3.8, 4) is 11.8 Å². The van der Waals surface area contributed by atoms with Crippen molar-refractivity contribution < 1.29 is 9.53 Å². The quantitative estimate of drug-likeness (QED) is 0.721. The molecule has 0 aliphatic carbocycles. The number of amides is 1. The van der Waals surface area contributed by atoms with Gasteiger partial charge in [-0.25, -0.2) is 0 Å². The largest absolute Gasteiger partial charge is 0.495 e. The highest BCUT2D eigenvalue weighted by molar-refractivity contribution is 6.02. The number of aryl methyl sites for hydroxylation is 1. The molecule has 0 saturated heterocycles. The Labute approximate surface area is 156 Å². The third-order valence-corrected chi connectivity index (χ3v) is 3.79. The standard InChI is InChI=1S/C20H17N5O2/c1-13-3-9-18(27-2)17(11-13)23-19-10-8-16(24-25-19)20(26)22-15-6-4-14(12-21)5-7-15/h3-11H,1-2H3,(H,22,26)(H,23,25). The van der Waals surface area contributed by atoms with E-state index in [0.29, 0.717) is 22.8 Å². The van der Waals surface area contributed by atoms with Gasteiger partial charge in [0.25, 0.3) is 5.91 Å². The lowest BCUT2D eigenvalue weighted by Gasteiger charge is -2.11. The number of hydrogen-bond acceptors (Lipinski definition) is 6. The molecule has 0 fully saturated rings. The first-order valence-electron chi connectivity index (χ1n) is 8.16. The molecular formula is C20H17N5O2. The molecule has 0 saturated carbocycles. The number of methoxy groups -OCH3 is 1. The smallest absolute Gasteiger partial charge is 0.276 e. The first kappa shape index (κ1) is 17.9. The van der Waals surface area contributed by atoms with Crippen LogP contribution in [-0.2, 0) is 0 Å². The van der Waals surface area contributed by atoms with Crippen LogP contribution in [0.4, 0.5) is 17.2 Å². The van der Waals surface area contributed by atoms with Crippen LogP contribution in [0.5, 0.6) is 5.75 Å². The Bertz CT molecular complexity index is 992. The molecule has 2 aromatic carbocycles. The van der Waals surface area contributed by atoms with Crippen LogP contribution in [0.1, 0.15) is 21.6 Å². The molecular weight excluding hydrogens is 342 g/mol. The summed E-state index contributed by atoms with van der Waals surface area (Å²) in [4.78, 5) is 12.3. The molecule has 0 atom stereocenters. The molecule has 2 N–H and O–H groups in total. The summed E-state index contributed by atoms with van der Waals surface area (Å²) in [5.41, 5.74) is 3.12. The van der Waals surface area contributed by atoms with Gasteiger partial charge in [-0.3, -0.25) is 4.79 Å². The molecule has 134 valence electrons. The van der Waals surface area contributed by atoms with Gasteiger partial charge >= 0.3 is 0 Å². The van der Waals surface area contributed by atoms with Crippen LogP contribution in [0, 0.1) is 18.3 Å². The Hall–Kier alpha value is -3.92. The van der Waals surface area contributed by atoms with E-state index in [9.17, 15) is 4.79 Å². The Balaban J connectivity index is 1.70. The first-order valence-corrected chi connectivity index (χ1v) is 8.16. The number of nitriles is 1. The summed E-state index contributed by atoms with van der Waals surface area (Å²) < 4.78 is 5.32. The molecule has 0 bridgehead atoms. The van der Waals surface area contributed by atoms with Crippen molar-refractivity contribution in [1.82, 2.24) is 10.2 Å². The van der Waals surface area contributed by atoms with Gasteiger partial charge in [-0.05, 0) is 61.0 Å². The maximum Gasteiger partial charge on any atom is 0.276 e. The maximum absolute atomic E-state index is 12.3. The lowest BCUT2D eigenvalue weighted by molar-refractivity contribution is 0.102. The van der Waals surface area contributed by atoms with Crippen LogP contribution in [-0.4, -0.2) is 23.2 Å². The zero-order valence-electron chi connectivity index (χ0n) is 14.9. The number of carbonyl (C=O) groups is 1. The van der Waals surface area contributed by atoms with Gasteiger partial charge in [-0.15, -0.1) is 10.2 Å². The van der Waals surface area contributed by atoms with Crippen LogP contribution >= 0.6 is 0 Å². The Morgan fingerprint density at radius 3 is 2.48 bits per heavy atom. The van der Waals surface area contributed by atoms with Crippen LogP contribution in [0.3, 0.4) is 0 Å². The molecule has 27 heavy (non-hydrogen) atoms. The van der Waals surface area contributed by atoms with Crippen LogP contribution < -0.4 is 15.4 Å². The third-order valence-electron chi connectivity index (χ3n) is 3.79. The molecule has 3 aromatic rings. The zero-order valence-corrected chi connectivity index (χ0v) is 14.9. The lowest BCUT2D eigenvalue weighted by atomic mass is 10.2. The average Bonchev–Trinajstić information content (AvgIpc) is 2.69. The molecule has 3 rings (SSSR count). The topological polar surface area (TPSA) is 99.9 Å². The molecule has 1 heterocycles. The minimum absolute atomic E-state index is 0.182. The van der Waals surface area contributed by atoms with Gasteiger partial charge < -0.3 is 15.4 Å². The molecule has 7 heteroatoms. The van der Waals surface area contributed by atoms with E-state index in [0.717, 1.165) is 11.3 Å². The Morgan fingerprint density at radius 1 is 1.07 bits per heavy atom. The molecule has 0 aliphatic heterocycles. The Kier molecular flexibility index (Phi) is 5.28. The number of nitrogens with zero attached hydrogens (tertiary/aromatic N) is 3. The molecule has 0 spiro atoms. The SMILES string of the molecule is COc1ccc(C)cc1Nc1ccc(C(=O)Nc2ccc(C#N)cc2)nn1. The summed E-state index contributed by atoms with van der Waals surface area (Å²) in [6.07, 6.45) is 0. The van der Waals surface area contributed by atoms with E-state index >= 15 is 0 Å². The van der Waals surface area contributed by atoms with E-state index in [-0.39, 0.29) is 11.6 Å². The van der Waals surface area contributed by atoms with Crippen molar-refractivity contribution in [3.63, 3.8) is 0 Å². The molecule has 1 aromatic heterocycles. The summed E-state index contributed by atoms with van der Waals surface area (Å²) in [5, 5.41) is 22.7. The maximum atomic E-state index is 12.3. The average molecular weight is 359 g/mol. The predicted octanol–water partition coefficient (Wildman–Crippen LogP) is 3.66. The highest BCUT2D eigenvalue weighted by Crippen LogP contribution is 2.27. The van der Waals surface area contributed by atoms with Gasteiger partial charge in [0, 0.05) is 5.69 Å². The second-order valence-electron chi connectivity index (χ2n) is 5.78. The number of aromatic nitrogens is 2. The van der Waals surface area contributed by atoms with Crippen LogP contribution in [0.25, 0.3) is 0 Å². The number of nitrogens with one attached hydrogen (secondary N) is 2. The molecule has 0 unspecified atom stereocenters. The van der Waals surface area contributed by atoms with Gasteiger partial charge in [0.15, 0.2) is 11.5 Å². The lowest BCUT2D eigenvalue weighted by Crippen LogP contribution is -2.14. The fourth-order valence-corrected chi connectivity index (χ4v) is 2.40.